The van der Waals surface area contributed by atoms with Gasteiger partial charge in [0.25, 0.3) is 0 Å². The first-order chi connectivity index (χ1) is 17.0. The van der Waals surface area contributed by atoms with Crippen LogP contribution in [0.2, 0.25) is 0 Å². The van der Waals surface area contributed by atoms with Crippen LogP contribution in [0, 0.1) is 0 Å². The van der Waals surface area contributed by atoms with Crippen molar-refractivity contribution in [2.24, 2.45) is 0 Å². The second-order valence-electron chi connectivity index (χ2n) is 9.46. The SMILES string of the molecule is CCn1c(CCC(=O)N(C)C[C@@]2(O)CCCN(c3ccnc4cccnc34)C2)nc2ccccc21. The predicted octanol–water partition coefficient (Wildman–Crippen LogP) is 3.42. The number of pyridine rings is 2. The van der Waals surface area contributed by atoms with Crippen LogP contribution in [0.15, 0.2) is 54.9 Å². The molecule has 1 atom stereocenters. The molecule has 4 aromatic rings. The summed E-state index contributed by atoms with van der Waals surface area (Å²) in [6, 6.07) is 13.8. The summed E-state index contributed by atoms with van der Waals surface area (Å²) in [5.74, 6) is 0.941. The summed E-state index contributed by atoms with van der Waals surface area (Å²) in [5, 5.41) is 11.5. The summed E-state index contributed by atoms with van der Waals surface area (Å²) in [7, 11) is 1.78. The summed E-state index contributed by atoms with van der Waals surface area (Å²) in [5.41, 5.74) is 3.72. The van der Waals surface area contributed by atoms with Crippen molar-refractivity contribution < 1.29 is 9.90 Å². The van der Waals surface area contributed by atoms with Crippen molar-refractivity contribution >= 4 is 33.7 Å². The molecule has 0 unspecified atom stereocenters. The molecule has 0 radical (unpaired) electrons. The van der Waals surface area contributed by atoms with Crippen molar-refractivity contribution in [3.8, 4) is 0 Å². The molecule has 35 heavy (non-hydrogen) atoms. The zero-order chi connectivity index (χ0) is 24.4. The highest BCUT2D eigenvalue weighted by Crippen LogP contribution is 2.30. The standard InChI is InChI=1S/C27H32N6O2/c1-3-33-22-10-5-4-8-20(22)30-24(33)11-12-25(34)31(2)18-27(35)14-7-17-32(19-27)23-13-16-28-21-9-6-15-29-26(21)23/h4-6,8-10,13,15-16,35H,3,7,11-12,14,17-19H2,1-2H3/t27-/m0/s1. The van der Waals surface area contributed by atoms with Crippen LogP contribution in [0.1, 0.15) is 32.0 Å². The maximum Gasteiger partial charge on any atom is 0.222 e. The van der Waals surface area contributed by atoms with Gasteiger partial charge in [0.05, 0.1) is 34.4 Å². The molecule has 1 aliphatic rings. The number of aryl methyl sites for hydroxylation is 2. The van der Waals surface area contributed by atoms with Gasteiger partial charge in [0, 0.05) is 51.9 Å². The second kappa shape index (κ2) is 9.62. The third kappa shape index (κ3) is 4.71. The monoisotopic (exact) mass is 472 g/mol. The Hall–Kier alpha value is -3.52. The van der Waals surface area contributed by atoms with E-state index in [1.54, 1.807) is 24.3 Å². The summed E-state index contributed by atoms with van der Waals surface area (Å²) in [6.07, 6.45) is 5.98. The van der Waals surface area contributed by atoms with Gasteiger partial charge in [-0.15, -0.1) is 0 Å². The minimum Gasteiger partial charge on any atom is -0.386 e. The van der Waals surface area contributed by atoms with Crippen molar-refractivity contribution in [1.82, 2.24) is 24.4 Å². The average Bonchev–Trinajstić information content (AvgIpc) is 3.24. The Morgan fingerprint density at radius 1 is 1.11 bits per heavy atom. The lowest BCUT2D eigenvalue weighted by Gasteiger charge is -2.42. The van der Waals surface area contributed by atoms with Crippen LogP contribution in [0.25, 0.3) is 22.1 Å². The number of benzene rings is 1. The van der Waals surface area contributed by atoms with Gasteiger partial charge in [0.15, 0.2) is 0 Å². The molecule has 1 fully saturated rings. The molecule has 8 heteroatoms. The zero-order valence-electron chi connectivity index (χ0n) is 20.4. The normalized spacial score (nSPS) is 18.3. The van der Waals surface area contributed by atoms with E-state index in [4.69, 9.17) is 4.98 Å². The van der Waals surface area contributed by atoms with Crippen molar-refractivity contribution in [2.75, 3.05) is 31.6 Å². The smallest absolute Gasteiger partial charge is 0.222 e. The van der Waals surface area contributed by atoms with E-state index < -0.39 is 5.60 Å². The van der Waals surface area contributed by atoms with Crippen LogP contribution in [0.3, 0.4) is 0 Å². The van der Waals surface area contributed by atoms with Crippen molar-refractivity contribution in [3.05, 3.63) is 60.7 Å². The molecule has 1 amide bonds. The molecule has 1 aromatic carbocycles. The number of para-hydroxylation sites is 2. The number of aliphatic hydroxyl groups is 1. The molecule has 1 N–H and O–H groups in total. The maximum absolute atomic E-state index is 13.0. The molecule has 0 saturated carbocycles. The van der Waals surface area contributed by atoms with Crippen molar-refractivity contribution in [3.63, 3.8) is 0 Å². The molecule has 1 saturated heterocycles. The Morgan fingerprint density at radius 2 is 1.94 bits per heavy atom. The fourth-order valence-corrected chi connectivity index (χ4v) is 5.28. The Morgan fingerprint density at radius 3 is 2.80 bits per heavy atom. The number of anilines is 1. The number of carbonyl (C=O) groups is 1. The lowest BCUT2D eigenvalue weighted by atomic mass is 9.91. The van der Waals surface area contributed by atoms with Gasteiger partial charge in [-0.1, -0.05) is 12.1 Å². The van der Waals surface area contributed by atoms with E-state index in [1.165, 1.54) is 0 Å². The highest BCUT2D eigenvalue weighted by molar-refractivity contribution is 5.87. The number of nitrogens with zero attached hydrogens (tertiary/aromatic N) is 6. The Kier molecular flexibility index (Phi) is 6.38. The minimum absolute atomic E-state index is 0.0151. The number of aromatic nitrogens is 4. The Labute approximate surface area is 205 Å². The molecular weight excluding hydrogens is 440 g/mol. The minimum atomic E-state index is -0.983. The molecule has 8 nitrogen and oxygen atoms in total. The average molecular weight is 473 g/mol. The summed E-state index contributed by atoms with van der Waals surface area (Å²) >= 11 is 0. The molecule has 0 bridgehead atoms. The largest absolute Gasteiger partial charge is 0.386 e. The van der Waals surface area contributed by atoms with Crippen LogP contribution in [-0.2, 0) is 17.8 Å². The first kappa shape index (κ1) is 23.2. The maximum atomic E-state index is 13.0. The van der Waals surface area contributed by atoms with Gasteiger partial charge in [0.1, 0.15) is 11.3 Å². The molecule has 5 rings (SSSR count). The van der Waals surface area contributed by atoms with Crippen LogP contribution in [0.4, 0.5) is 5.69 Å². The molecule has 182 valence electrons. The highest BCUT2D eigenvalue weighted by Gasteiger charge is 2.36. The number of amides is 1. The first-order valence-corrected chi connectivity index (χ1v) is 12.3. The Balaban J connectivity index is 1.25. The number of carbonyl (C=O) groups excluding carboxylic acids is 1. The summed E-state index contributed by atoms with van der Waals surface area (Å²) in [4.78, 5) is 30.5. The van der Waals surface area contributed by atoms with Gasteiger partial charge in [-0.2, -0.15) is 0 Å². The molecule has 4 heterocycles. The third-order valence-corrected chi connectivity index (χ3v) is 6.94. The molecular formula is C27H32N6O2. The first-order valence-electron chi connectivity index (χ1n) is 12.3. The number of fused-ring (bicyclic) bond motifs is 2. The van der Waals surface area contributed by atoms with E-state index in [0.29, 0.717) is 32.4 Å². The molecule has 3 aromatic heterocycles. The third-order valence-electron chi connectivity index (χ3n) is 6.94. The number of imidazole rings is 1. The quantitative estimate of drug-likeness (QED) is 0.444. The number of hydrogen-bond donors (Lipinski definition) is 1. The van der Waals surface area contributed by atoms with E-state index in [1.807, 2.05) is 36.4 Å². The number of rotatable bonds is 7. The fraction of sp³-hybridized carbons (Fsp3) is 0.407. The van der Waals surface area contributed by atoms with Crippen LogP contribution in [0.5, 0.6) is 0 Å². The number of hydrogen-bond acceptors (Lipinski definition) is 6. The molecule has 0 aliphatic carbocycles. The van der Waals surface area contributed by atoms with Gasteiger partial charge in [-0.05, 0) is 50.1 Å². The van der Waals surface area contributed by atoms with E-state index in [0.717, 1.165) is 53.1 Å². The van der Waals surface area contributed by atoms with Crippen LogP contribution < -0.4 is 4.90 Å². The number of likely N-dealkylation sites (N-methyl/N-ethyl adjacent to an activating group) is 1. The number of β-amino-alcohol motifs (C(OH)–C–C–N with tert-alkyl or cyclic N) is 1. The van der Waals surface area contributed by atoms with Crippen molar-refractivity contribution in [1.29, 1.82) is 0 Å². The molecule has 1 aliphatic heterocycles. The van der Waals surface area contributed by atoms with Gasteiger partial charge in [-0.3, -0.25) is 14.8 Å². The van der Waals surface area contributed by atoms with Gasteiger partial charge in [0.2, 0.25) is 5.91 Å². The van der Waals surface area contributed by atoms with Gasteiger partial charge in [-0.25, -0.2) is 4.98 Å². The lowest BCUT2D eigenvalue weighted by Crippen LogP contribution is -2.54. The van der Waals surface area contributed by atoms with E-state index >= 15 is 0 Å². The molecule has 0 spiro atoms. The predicted molar refractivity (Wildman–Crippen MR) is 137 cm³/mol. The van der Waals surface area contributed by atoms with Gasteiger partial charge < -0.3 is 19.5 Å². The fourth-order valence-electron chi connectivity index (χ4n) is 5.28. The van der Waals surface area contributed by atoms with E-state index in [9.17, 15) is 9.90 Å². The zero-order valence-corrected chi connectivity index (χ0v) is 20.4. The van der Waals surface area contributed by atoms with Crippen LogP contribution in [-0.4, -0.2) is 67.7 Å². The van der Waals surface area contributed by atoms with E-state index in [-0.39, 0.29) is 5.91 Å². The second-order valence-corrected chi connectivity index (χ2v) is 9.46. The topological polar surface area (TPSA) is 87.4 Å². The van der Waals surface area contributed by atoms with Crippen molar-refractivity contribution in [2.45, 2.75) is 44.8 Å². The number of piperidine rings is 1. The van der Waals surface area contributed by atoms with Gasteiger partial charge >= 0.3 is 0 Å². The summed E-state index contributed by atoms with van der Waals surface area (Å²) in [6.45, 7) is 4.49. The Bertz CT molecular complexity index is 1350. The summed E-state index contributed by atoms with van der Waals surface area (Å²) < 4.78 is 2.17. The van der Waals surface area contributed by atoms with Crippen LogP contribution >= 0.6 is 0 Å². The van der Waals surface area contributed by atoms with E-state index in [2.05, 4.69) is 32.4 Å². The lowest BCUT2D eigenvalue weighted by molar-refractivity contribution is -0.133. The highest BCUT2D eigenvalue weighted by atomic mass is 16.3.